The van der Waals surface area contributed by atoms with Crippen molar-refractivity contribution in [2.24, 2.45) is 0 Å². The number of urea groups is 1. The van der Waals surface area contributed by atoms with Crippen LogP contribution in [0.25, 0.3) is 0 Å². The van der Waals surface area contributed by atoms with Crippen LogP contribution in [0.2, 0.25) is 0 Å². The summed E-state index contributed by atoms with van der Waals surface area (Å²) >= 11 is 0. The quantitative estimate of drug-likeness (QED) is 0.754. The van der Waals surface area contributed by atoms with Crippen molar-refractivity contribution in [2.45, 2.75) is 40.2 Å². The van der Waals surface area contributed by atoms with Gasteiger partial charge in [0, 0.05) is 18.6 Å². The summed E-state index contributed by atoms with van der Waals surface area (Å²) in [6.07, 6.45) is 0. The van der Waals surface area contributed by atoms with E-state index in [9.17, 15) is 9.59 Å². The van der Waals surface area contributed by atoms with E-state index in [1.54, 1.807) is 4.90 Å². The van der Waals surface area contributed by atoms with Crippen LogP contribution < -0.4 is 10.6 Å². The van der Waals surface area contributed by atoms with Gasteiger partial charge in [-0.2, -0.15) is 0 Å². The van der Waals surface area contributed by atoms with E-state index in [2.05, 4.69) is 10.6 Å². The van der Waals surface area contributed by atoms with E-state index >= 15 is 0 Å². The third kappa shape index (κ3) is 6.27. The van der Waals surface area contributed by atoms with Crippen molar-refractivity contribution in [3.8, 4) is 0 Å². The van der Waals surface area contributed by atoms with Gasteiger partial charge in [0.1, 0.15) is 0 Å². The van der Waals surface area contributed by atoms with Gasteiger partial charge in [0.15, 0.2) is 0 Å². The third-order valence-electron chi connectivity index (χ3n) is 1.97. The van der Waals surface area contributed by atoms with Gasteiger partial charge in [-0.15, -0.1) is 0 Å². The molecule has 5 nitrogen and oxygen atoms in total. The Morgan fingerprint density at radius 2 is 1.62 bits per heavy atom. The van der Waals surface area contributed by atoms with Gasteiger partial charge in [-0.3, -0.25) is 4.79 Å². The first kappa shape index (κ1) is 14.7. The number of amides is 3. The SMILES string of the molecule is CCN(CC)C(=O)NCC(=O)NC(C)(C)C. The number of hydrogen-bond acceptors (Lipinski definition) is 2. The lowest BCUT2D eigenvalue weighted by Crippen LogP contribution is -2.48. The zero-order chi connectivity index (χ0) is 12.8. The Morgan fingerprint density at radius 1 is 1.12 bits per heavy atom. The summed E-state index contributed by atoms with van der Waals surface area (Å²) in [5, 5.41) is 5.36. The van der Waals surface area contributed by atoms with E-state index < -0.39 is 0 Å². The summed E-state index contributed by atoms with van der Waals surface area (Å²) < 4.78 is 0. The van der Waals surface area contributed by atoms with E-state index in [-0.39, 0.29) is 24.0 Å². The van der Waals surface area contributed by atoms with E-state index in [0.717, 1.165) is 0 Å². The molecule has 0 bridgehead atoms. The first-order valence-corrected chi connectivity index (χ1v) is 5.64. The Balaban J connectivity index is 3.97. The Morgan fingerprint density at radius 3 is 2.00 bits per heavy atom. The molecule has 0 saturated carbocycles. The Labute approximate surface area is 97.6 Å². The topological polar surface area (TPSA) is 61.4 Å². The van der Waals surface area contributed by atoms with Crippen LogP contribution in [-0.4, -0.2) is 42.0 Å². The van der Waals surface area contributed by atoms with Crippen molar-refractivity contribution in [2.75, 3.05) is 19.6 Å². The normalized spacial score (nSPS) is 10.8. The number of rotatable bonds is 4. The second-order valence-electron chi connectivity index (χ2n) is 4.63. The summed E-state index contributed by atoms with van der Waals surface area (Å²) in [5.41, 5.74) is -0.267. The van der Waals surface area contributed by atoms with E-state index in [4.69, 9.17) is 0 Å². The molecule has 0 aliphatic heterocycles. The predicted octanol–water partition coefficient (Wildman–Crippen LogP) is 0.952. The molecule has 16 heavy (non-hydrogen) atoms. The summed E-state index contributed by atoms with van der Waals surface area (Å²) in [6, 6.07) is -0.200. The van der Waals surface area contributed by atoms with Gasteiger partial charge < -0.3 is 15.5 Å². The van der Waals surface area contributed by atoms with Crippen molar-refractivity contribution in [1.29, 1.82) is 0 Å². The maximum Gasteiger partial charge on any atom is 0.317 e. The van der Waals surface area contributed by atoms with Crippen molar-refractivity contribution in [3.05, 3.63) is 0 Å². The number of nitrogens with one attached hydrogen (secondary N) is 2. The molecule has 0 aromatic heterocycles. The van der Waals surface area contributed by atoms with Gasteiger partial charge in [-0.25, -0.2) is 4.79 Å². The Bertz CT molecular complexity index is 242. The van der Waals surface area contributed by atoms with E-state index in [1.165, 1.54) is 0 Å². The second kappa shape index (κ2) is 6.35. The molecule has 0 aliphatic rings. The molecule has 3 amide bonds. The van der Waals surface area contributed by atoms with Crippen LogP contribution in [0.4, 0.5) is 4.79 Å². The van der Waals surface area contributed by atoms with Crippen molar-refractivity contribution in [1.82, 2.24) is 15.5 Å². The molecule has 0 rings (SSSR count). The highest BCUT2D eigenvalue weighted by Gasteiger charge is 2.15. The van der Waals surface area contributed by atoms with Crippen LogP contribution in [0.1, 0.15) is 34.6 Å². The fraction of sp³-hybridized carbons (Fsp3) is 0.818. The molecule has 0 atom stereocenters. The van der Waals surface area contributed by atoms with Crippen molar-refractivity contribution >= 4 is 11.9 Å². The van der Waals surface area contributed by atoms with Crippen LogP contribution in [0.3, 0.4) is 0 Å². The number of carbonyl (C=O) groups excluding carboxylic acids is 2. The van der Waals surface area contributed by atoms with Crippen LogP contribution in [0.5, 0.6) is 0 Å². The predicted molar refractivity (Wildman–Crippen MR) is 64.2 cm³/mol. The van der Waals surface area contributed by atoms with Gasteiger partial charge >= 0.3 is 6.03 Å². The zero-order valence-electron chi connectivity index (χ0n) is 10.9. The average Bonchev–Trinajstić information content (AvgIpc) is 2.14. The van der Waals surface area contributed by atoms with Crippen LogP contribution in [-0.2, 0) is 4.79 Å². The molecule has 0 radical (unpaired) electrons. The van der Waals surface area contributed by atoms with Crippen molar-refractivity contribution < 1.29 is 9.59 Å². The molecule has 2 N–H and O–H groups in total. The van der Waals surface area contributed by atoms with Crippen molar-refractivity contribution in [3.63, 3.8) is 0 Å². The van der Waals surface area contributed by atoms with Gasteiger partial charge in [-0.1, -0.05) is 0 Å². The molecule has 0 saturated heterocycles. The summed E-state index contributed by atoms with van der Waals surface area (Å²) in [6.45, 7) is 10.8. The van der Waals surface area contributed by atoms with E-state index in [1.807, 2.05) is 34.6 Å². The summed E-state index contributed by atoms with van der Waals surface area (Å²) in [5.74, 6) is -0.173. The highest BCUT2D eigenvalue weighted by Crippen LogP contribution is 1.97. The molecular weight excluding hydrogens is 206 g/mol. The minimum absolute atomic E-state index is 0.0204. The standard InChI is InChI=1S/C11H23N3O2/c1-6-14(7-2)10(16)12-8-9(15)13-11(3,4)5/h6-8H2,1-5H3,(H,12,16)(H,13,15). The molecule has 0 unspecified atom stereocenters. The first-order chi connectivity index (χ1) is 7.30. The van der Waals surface area contributed by atoms with Crippen LogP contribution in [0.15, 0.2) is 0 Å². The van der Waals surface area contributed by atoms with Gasteiger partial charge in [0.05, 0.1) is 6.54 Å². The summed E-state index contributed by atoms with van der Waals surface area (Å²) in [4.78, 5) is 24.6. The fourth-order valence-electron chi connectivity index (χ4n) is 1.24. The maximum atomic E-state index is 11.5. The fourth-order valence-corrected chi connectivity index (χ4v) is 1.24. The second-order valence-corrected chi connectivity index (χ2v) is 4.63. The van der Waals surface area contributed by atoms with Gasteiger partial charge in [0.25, 0.3) is 0 Å². The monoisotopic (exact) mass is 229 g/mol. The molecular formula is C11H23N3O2. The Kier molecular flexibility index (Phi) is 5.85. The van der Waals surface area contributed by atoms with Crippen LogP contribution in [0, 0.1) is 0 Å². The van der Waals surface area contributed by atoms with Gasteiger partial charge in [-0.05, 0) is 34.6 Å². The lowest BCUT2D eigenvalue weighted by Gasteiger charge is -2.22. The lowest BCUT2D eigenvalue weighted by molar-refractivity contribution is -0.121. The first-order valence-electron chi connectivity index (χ1n) is 5.64. The minimum Gasteiger partial charge on any atom is -0.350 e. The average molecular weight is 229 g/mol. The highest BCUT2D eigenvalue weighted by molar-refractivity contribution is 5.84. The molecule has 0 heterocycles. The van der Waals surface area contributed by atoms with Crippen LogP contribution >= 0.6 is 0 Å². The minimum atomic E-state index is -0.267. The molecule has 0 aliphatic carbocycles. The lowest BCUT2D eigenvalue weighted by atomic mass is 10.1. The molecule has 0 spiro atoms. The largest absolute Gasteiger partial charge is 0.350 e. The number of carbonyl (C=O) groups is 2. The molecule has 5 heteroatoms. The molecule has 94 valence electrons. The van der Waals surface area contributed by atoms with Gasteiger partial charge in [0.2, 0.25) is 5.91 Å². The number of nitrogens with zero attached hydrogens (tertiary/aromatic N) is 1. The highest BCUT2D eigenvalue weighted by atomic mass is 16.2. The molecule has 0 fully saturated rings. The summed E-state index contributed by atoms with van der Waals surface area (Å²) in [7, 11) is 0. The number of hydrogen-bond donors (Lipinski definition) is 2. The Hall–Kier alpha value is -1.26. The maximum absolute atomic E-state index is 11.5. The molecule has 0 aromatic rings. The smallest absolute Gasteiger partial charge is 0.317 e. The third-order valence-corrected chi connectivity index (χ3v) is 1.97. The molecule has 0 aromatic carbocycles. The zero-order valence-corrected chi connectivity index (χ0v) is 10.9. The van der Waals surface area contributed by atoms with E-state index in [0.29, 0.717) is 13.1 Å².